The lowest BCUT2D eigenvalue weighted by molar-refractivity contribution is -0.137. The Bertz CT molecular complexity index is 326. The molecule has 7 heteroatoms. The van der Waals surface area contributed by atoms with Crippen molar-refractivity contribution in [2.45, 2.75) is 44.6 Å². The maximum Gasteiger partial charge on any atom is 0.321 e. The average molecular weight is 272 g/mol. The van der Waals surface area contributed by atoms with Crippen molar-refractivity contribution in [3.05, 3.63) is 0 Å². The van der Waals surface area contributed by atoms with Gasteiger partial charge in [0.15, 0.2) is 0 Å². The molecule has 3 N–H and O–H groups in total. The van der Waals surface area contributed by atoms with Crippen LogP contribution in [-0.4, -0.2) is 42.3 Å². The highest BCUT2D eigenvalue weighted by atomic mass is 16.5. The first-order valence-corrected chi connectivity index (χ1v) is 6.49. The highest BCUT2D eigenvalue weighted by molar-refractivity contribution is 5.94. The van der Waals surface area contributed by atoms with Gasteiger partial charge < -0.3 is 15.2 Å². The van der Waals surface area contributed by atoms with Crippen LogP contribution < -0.4 is 10.6 Å². The Morgan fingerprint density at radius 2 is 1.95 bits per heavy atom. The Balaban J connectivity index is 2.03. The maximum atomic E-state index is 11.4. The number of unbranched alkanes of at least 4 members (excludes halogenated alkanes) is 1. The summed E-state index contributed by atoms with van der Waals surface area (Å²) in [4.78, 5) is 33.0. The summed E-state index contributed by atoms with van der Waals surface area (Å²) in [6, 6.07) is -0.529. The molecule has 0 saturated carbocycles. The number of nitrogens with one attached hydrogen (secondary N) is 2. The van der Waals surface area contributed by atoms with Crippen LogP contribution in [0.15, 0.2) is 0 Å². The lowest BCUT2D eigenvalue weighted by atomic mass is 10.2. The lowest BCUT2D eigenvalue weighted by Crippen LogP contribution is -2.42. The van der Waals surface area contributed by atoms with Gasteiger partial charge in [-0.1, -0.05) is 0 Å². The zero-order valence-electron chi connectivity index (χ0n) is 10.8. The zero-order chi connectivity index (χ0) is 14.1. The van der Waals surface area contributed by atoms with Crippen LogP contribution in [-0.2, 0) is 14.3 Å². The largest absolute Gasteiger partial charge is 0.481 e. The van der Waals surface area contributed by atoms with Gasteiger partial charge in [0.1, 0.15) is 0 Å². The van der Waals surface area contributed by atoms with Gasteiger partial charge >= 0.3 is 12.0 Å². The van der Waals surface area contributed by atoms with Crippen LogP contribution in [0.25, 0.3) is 0 Å². The van der Waals surface area contributed by atoms with Crippen molar-refractivity contribution >= 4 is 17.9 Å². The summed E-state index contributed by atoms with van der Waals surface area (Å²) in [6.45, 7) is 1.12. The molecule has 1 rings (SSSR count). The molecule has 0 spiro atoms. The van der Waals surface area contributed by atoms with Gasteiger partial charge in [-0.15, -0.1) is 0 Å². The van der Waals surface area contributed by atoms with E-state index in [1.807, 2.05) is 0 Å². The quantitative estimate of drug-likeness (QED) is 0.590. The molecule has 1 fully saturated rings. The minimum atomic E-state index is -0.880. The number of carboxylic acids is 1. The van der Waals surface area contributed by atoms with Gasteiger partial charge in [0, 0.05) is 26.0 Å². The van der Waals surface area contributed by atoms with E-state index in [0.717, 1.165) is 19.4 Å². The van der Waals surface area contributed by atoms with Crippen LogP contribution in [0.2, 0.25) is 0 Å². The van der Waals surface area contributed by atoms with Crippen LogP contribution in [0.4, 0.5) is 4.79 Å². The Labute approximate surface area is 111 Å². The third-order valence-corrected chi connectivity index (χ3v) is 2.81. The van der Waals surface area contributed by atoms with Crippen LogP contribution in [0, 0.1) is 0 Å². The molecule has 3 amide bonds. The average Bonchev–Trinajstić information content (AvgIpc) is 2.85. The topological polar surface area (TPSA) is 105 Å². The smallest absolute Gasteiger partial charge is 0.321 e. The number of carbonyl (C=O) groups excluding carboxylic acids is 2. The number of urea groups is 1. The predicted octanol–water partition coefficient (Wildman–Crippen LogP) is 0.636. The maximum absolute atomic E-state index is 11.4. The third-order valence-electron chi connectivity index (χ3n) is 2.81. The van der Waals surface area contributed by atoms with Crippen molar-refractivity contribution in [1.29, 1.82) is 0 Å². The second-order valence-electron chi connectivity index (χ2n) is 4.49. The number of carbonyl (C=O) groups is 3. The molecule has 1 heterocycles. The van der Waals surface area contributed by atoms with Crippen molar-refractivity contribution < 1.29 is 24.2 Å². The molecule has 7 nitrogen and oxygen atoms in total. The van der Waals surface area contributed by atoms with Gasteiger partial charge in [0.05, 0.1) is 6.10 Å². The monoisotopic (exact) mass is 272 g/mol. The SMILES string of the molecule is O=C(O)CCCCC(=O)NC(=O)NCC1CCCO1. The molecular weight excluding hydrogens is 252 g/mol. The van der Waals surface area contributed by atoms with E-state index in [1.165, 1.54) is 0 Å². The summed E-state index contributed by atoms with van der Waals surface area (Å²) < 4.78 is 5.33. The molecule has 0 aromatic carbocycles. The van der Waals surface area contributed by atoms with E-state index in [-0.39, 0.29) is 18.9 Å². The molecule has 1 aliphatic heterocycles. The molecule has 1 unspecified atom stereocenters. The number of carboxylic acid groups (broad SMARTS) is 1. The van der Waals surface area contributed by atoms with Crippen LogP contribution in [0.3, 0.4) is 0 Å². The minimum absolute atomic E-state index is 0.0384. The molecular formula is C12H20N2O5. The first kappa shape index (κ1) is 15.4. The van der Waals surface area contributed by atoms with E-state index in [4.69, 9.17) is 9.84 Å². The van der Waals surface area contributed by atoms with Crippen LogP contribution in [0.1, 0.15) is 38.5 Å². The third kappa shape index (κ3) is 7.40. The fourth-order valence-electron chi connectivity index (χ4n) is 1.81. The van der Waals surface area contributed by atoms with Gasteiger partial charge in [0.2, 0.25) is 5.91 Å². The van der Waals surface area contributed by atoms with E-state index in [2.05, 4.69) is 10.6 Å². The van der Waals surface area contributed by atoms with Crippen molar-refractivity contribution in [3.8, 4) is 0 Å². The number of rotatable bonds is 7. The Morgan fingerprint density at radius 3 is 2.58 bits per heavy atom. The summed E-state index contributed by atoms with van der Waals surface area (Å²) in [5, 5.41) is 13.2. The highest BCUT2D eigenvalue weighted by Gasteiger charge is 2.16. The van der Waals surface area contributed by atoms with Crippen molar-refractivity contribution in [2.75, 3.05) is 13.2 Å². The first-order chi connectivity index (χ1) is 9.08. The fraction of sp³-hybridized carbons (Fsp3) is 0.750. The Hall–Kier alpha value is -1.63. The van der Waals surface area contributed by atoms with Gasteiger partial charge in [-0.05, 0) is 25.7 Å². The molecule has 0 aliphatic carbocycles. The Kier molecular flexibility index (Phi) is 6.88. The highest BCUT2D eigenvalue weighted by Crippen LogP contribution is 2.10. The van der Waals surface area contributed by atoms with Crippen molar-refractivity contribution in [3.63, 3.8) is 0 Å². The predicted molar refractivity (Wildman–Crippen MR) is 66.6 cm³/mol. The summed E-state index contributed by atoms with van der Waals surface area (Å²) in [6.07, 6.45) is 3.03. The van der Waals surface area contributed by atoms with Crippen molar-refractivity contribution in [2.24, 2.45) is 0 Å². The van der Waals surface area contributed by atoms with E-state index in [1.54, 1.807) is 0 Å². The van der Waals surface area contributed by atoms with Gasteiger partial charge in [0.25, 0.3) is 0 Å². The number of ether oxygens (including phenoxy) is 1. The standard InChI is InChI=1S/C12H20N2O5/c15-10(5-1-2-6-11(16)17)14-12(18)13-8-9-4-3-7-19-9/h9H,1-8H2,(H,16,17)(H2,13,14,15,18). The second kappa shape index (κ2) is 8.47. The number of hydrogen-bond donors (Lipinski definition) is 3. The number of amides is 3. The van der Waals surface area contributed by atoms with E-state index < -0.39 is 17.9 Å². The molecule has 1 aliphatic rings. The summed E-state index contributed by atoms with van der Waals surface area (Å²) in [5.41, 5.74) is 0. The van der Waals surface area contributed by atoms with Crippen LogP contribution in [0.5, 0.6) is 0 Å². The molecule has 1 saturated heterocycles. The summed E-state index contributed by atoms with van der Waals surface area (Å²) in [5.74, 6) is -1.27. The van der Waals surface area contributed by atoms with Gasteiger partial charge in [-0.3, -0.25) is 14.9 Å². The van der Waals surface area contributed by atoms with E-state index in [9.17, 15) is 14.4 Å². The number of hydrogen-bond acceptors (Lipinski definition) is 4. The summed E-state index contributed by atoms with van der Waals surface area (Å²) >= 11 is 0. The molecule has 0 aromatic rings. The van der Waals surface area contributed by atoms with Gasteiger partial charge in [-0.25, -0.2) is 4.79 Å². The molecule has 1 atom stereocenters. The summed E-state index contributed by atoms with van der Waals surface area (Å²) in [7, 11) is 0. The lowest BCUT2D eigenvalue weighted by Gasteiger charge is -2.11. The first-order valence-electron chi connectivity index (χ1n) is 6.49. The second-order valence-corrected chi connectivity index (χ2v) is 4.49. The fourth-order valence-corrected chi connectivity index (χ4v) is 1.81. The molecule has 0 aromatic heterocycles. The molecule has 0 bridgehead atoms. The molecule has 108 valence electrons. The van der Waals surface area contributed by atoms with Gasteiger partial charge in [-0.2, -0.15) is 0 Å². The van der Waals surface area contributed by atoms with E-state index >= 15 is 0 Å². The normalized spacial score (nSPS) is 18.0. The Morgan fingerprint density at radius 1 is 1.21 bits per heavy atom. The number of imide groups is 1. The molecule has 0 radical (unpaired) electrons. The minimum Gasteiger partial charge on any atom is -0.481 e. The van der Waals surface area contributed by atoms with E-state index in [0.29, 0.717) is 19.4 Å². The van der Waals surface area contributed by atoms with Crippen LogP contribution >= 0.6 is 0 Å². The van der Waals surface area contributed by atoms with Crippen molar-refractivity contribution in [1.82, 2.24) is 10.6 Å². The number of aliphatic carboxylic acids is 1. The molecule has 19 heavy (non-hydrogen) atoms. The zero-order valence-corrected chi connectivity index (χ0v) is 10.8.